The monoisotopic (exact) mass is 542 g/mol. The van der Waals surface area contributed by atoms with E-state index in [1.165, 1.54) is 0 Å². The fraction of sp³-hybridized carbons (Fsp3) is 0.406. The van der Waals surface area contributed by atoms with Gasteiger partial charge in [0.05, 0.1) is 0 Å². The van der Waals surface area contributed by atoms with Crippen LogP contribution in [0.15, 0.2) is 59.6 Å². The fourth-order valence-corrected chi connectivity index (χ4v) is 5.16. The lowest BCUT2D eigenvalue weighted by Gasteiger charge is -2.28. The number of anilines is 1. The van der Waals surface area contributed by atoms with Gasteiger partial charge in [-0.05, 0) is 88.1 Å². The molecule has 1 aliphatic rings. The highest BCUT2D eigenvalue weighted by atomic mass is 16.1. The van der Waals surface area contributed by atoms with Gasteiger partial charge in [0.15, 0.2) is 0 Å². The molecular formula is C32H42N6O2. The van der Waals surface area contributed by atoms with Crippen molar-refractivity contribution < 1.29 is 9.59 Å². The van der Waals surface area contributed by atoms with Crippen LogP contribution in [-0.2, 0) is 4.79 Å². The maximum absolute atomic E-state index is 13.7. The van der Waals surface area contributed by atoms with Crippen molar-refractivity contribution in [1.82, 2.24) is 25.5 Å². The van der Waals surface area contributed by atoms with E-state index in [-0.39, 0.29) is 5.91 Å². The van der Waals surface area contributed by atoms with Crippen LogP contribution in [0.3, 0.4) is 0 Å². The predicted octanol–water partition coefficient (Wildman–Crippen LogP) is 5.11. The van der Waals surface area contributed by atoms with Gasteiger partial charge in [-0.25, -0.2) is 4.98 Å². The van der Waals surface area contributed by atoms with Gasteiger partial charge in [0, 0.05) is 78.9 Å². The first-order valence-electron chi connectivity index (χ1n) is 14.1. The van der Waals surface area contributed by atoms with E-state index in [4.69, 9.17) is 4.98 Å². The average molecular weight is 543 g/mol. The standard InChI is InChI=1S/C32H42N6O2/c1-7-25(6)38-19-23(4)31-28(32(40)35-17-22(3)21(2)14-24(5)36-20-39)15-27(16-29(31)38)26-8-9-30(34-18-26)37-12-10-33-11-13-37/h8-9,14-16,18-20,25,33H,7,10-13,17H2,1-6H3,(H,35,40)(H,36,39)/b22-21+,24-14-. The molecule has 1 unspecified atom stereocenters. The molecule has 1 fully saturated rings. The summed E-state index contributed by atoms with van der Waals surface area (Å²) >= 11 is 0. The summed E-state index contributed by atoms with van der Waals surface area (Å²) < 4.78 is 2.29. The third-order valence-electron chi connectivity index (χ3n) is 7.86. The molecule has 0 aliphatic carbocycles. The molecule has 0 spiro atoms. The first-order valence-corrected chi connectivity index (χ1v) is 14.1. The topological polar surface area (TPSA) is 91.3 Å². The van der Waals surface area contributed by atoms with Gasteiger partial charge in [-0.1, -0.05) is 12.5 Å². The molecule has 40 heavy (non-hydrogen) atoms. The normalized spacial score (nSPS) is 15.6. The summed E-state index contributed by atoms with van der Waals surface area (Å²) in [5, 5.41) is 10.2. The zero-order valence-electron chi connectivity index (χ0n) is 24.6. The lowest BCUT2D eigenvalue weighted by Crippen LogP contribution is -2.43. The van der Waals surface area contributed by atoms with Crippen molar-refractivity contribution >= 4 is 29.0 Å². The zero-order valence-corrected chi connectivity index (χ0v) is 24.6. The number of pyridine rings is 1. The molecule has 8 heteroatoms. The van der Waals surface area contributed by atoms with E-state index in [0.29, 0.717) is 24.6 Å². The summed E-state index contributed by atoms with van der Waals surface area (Å²) in [6, 6.07) is 8.68. The summed E-state index contributed by atoms with van der Waals surface area (Å²) in [7, 11) is 0. The Kier molecular flexibility index (Phi) is 9.42. The Morgan fingerprint density at radius 2 is 1.90 bits per heavy atom. The van der Waals surface area contributed by atoms with Crippen LogP contribution in [0.4, 0.5) is 5.82 Å². The molecule has 1 atom stereocenters. The number of allylic oxidation sites excluding steroid dienone is 3. The van der Waals surface area contributed by atoms with E-state index in [0.717, 1.165) is 82.9 Å². The Morgan fingerprint density at radius 1 is 1.15 bits per heavy atom. The molecule has 3 aromatic rings. The van der Waals surface area contributed by atoms with Gasteiger partial charge in [-0.3, -0.25) is 9.59 Å². The highest BCUT2D eigenvalue weighted by Crippen LogP contribution is 2.34. The molecule has 0 bridgehead atoms. The SMILES string of the molecule is CCC(C)n1cc(C)c2c(C(=O)NC/C(C)=C(C)/C=C(/C)NC=O)cc(-c3ccc(N4CCNCC4)nc3)cc21. The quantitative estimate of drug-likeness (QED) is 0.245. The second-order valence-corrected chi connectivity index (χ2v) is 10.8. The van der Waals surface area contributed by atoms with Gasteiger partial charge in [0.1, 0.15) is 5.82 Å². The van der Waals surface area contributed by atoms with Gasteiger partial charge in [0.2, 0.25) is 6.41 Å². The van der Waals surface area contributed by atoms with Crippen molar-refractivity contribution in [3.8, 4) is 11.1 Å². The number of carbonyl (C=O) groups excluding carboxylic acids is 2. The number of carbonyl (C=O) groups is 2. The number of piperazine rings is 1. The molecule has 4 rings (SSSR count). The minimum Gasteiger partial charge on any atom is -0.354 e. The Morgan fingerprint density at radius 3 is 2.55 bits per heavy atom. The second kappa shape index (κ2) is 13.0. The Balaban J connectivity index is 1.70. The molecule has 0 saturated carbocycles. The van der Waals surface area contributed by atoms with E-state index < -0.39 is 0 Å². The predicted molar refractivity (Wildman–Crippen MR) is 164 cm³/mol. The molecule has 1 saturated heterocycles. The van der Waals surface area contributed by atoms with E-state index in [2.05, 4.69) is 70.6 Å². The maximum Gasteiger partial charge on any atom is 0.252 e. The third-order valence-corrected chi connectivity index (χ3v) is 7.86. The molecule has 8 nitrogen and oxygen atoms in total. The van der Waals surface area contributed by atoms with Crippen molar-refractivity contribution in [3.05, 3.63) is 70.7 Å². The minimum absolute atomic E-state index is 0.110. The van der Waals surface area contributed by atoms with Crippen LogP contribution in [0.25, 0.3) is 22.0 Å². The summed E-state index contributed by atoms with van der Waals surface area (Å²) in [4.78, 5) is 31.5. The first-order chi connectivity index (χ1) is 19.2. The number of nitrogens with one attached hydrogen (secondary N) is 3. The highest BCUT2D eigenvalue weighted by Gasteiger charge is 2.20. The van der Waals surface area contributed by atoms with Crippen molar-refractivity contribution in [3.63, 3.8) is 0 Å². The number of aromatic nitrogens is 2. The van der Waals surface area contributed by atoms with Crippen LogP contribution in [0.5, 0.6) is 0 Å². The molecule has 212 valence electrons. The molecule has 1 aliphatic heterocycles. The first kappa shape index (κ1) is 29.1. The largest absolute Gasteiger partial charge is 0.354 e. The van der Waals surface area contributed by atoms with Crippen LogP contribution in [0.2, 0.25) is 0 Å². The highest BCUT2D eigenvalue weighted by molar-refractivity contribution is 6.09. The van der Waals surface area contributed by atoms with Crippen LogP contribution < -0.4 is 20.9 Å². The number of benzene rings is 1. The summed E-state index contributed by atoms with van der Waals surface area (Å²) in [6.45, 7) is 16.5. The van der Waals surface area contributed by atoms with Crippen LogP contribution in [0.1, 0.15) is 63.0 Å². The number of hydrogen-bond acceptors (Lipinski definition) is 5. The lowest BCUT2D eigenvalue weighted by atomic mass is 9.98. The molecular weight excluding hydrogens is 500 g/mol. The Labute approximate surface area is 237 Å². The van der Waals surface area contributed by atoms with E-state index in [9.17, 15) is 9.59 Å². The average Bonchev–Trinajstić information content (AvgIpc) is 3.31. The molecule has 2 aromatic heterocycles. The van der Waals surface area contributed by atoms with Crippen molar-refractivity contribution in [2.45, 2.75) is 54.0 Å². The summed E-state index contributed by atoms with van der Waals surface area (Å²) in [5.74, 6) is 0.870. The maximum atomic E-state index is 13.7. The second-order valence-electron chi connectivity index (χ2n) is 10.8. The number of fused-ring (bicyclic) bond motifs is 1. The van der Waals surface area contributed by atoms with Gasteiger partial charge in [-0.15, -0.1) is 0 Å². The van der Waals surface area contributed by atoms with Gasteiger partial charge in [-0.2, -0.15) is 0 Å². The van der Waals surface area contributed by atoms with Crippen LogP contribution in [0, 0.1) is 6.92 Å². The number of rotatable bonds is 10. The molecule has 3 heterocycles. The van der Waals surface area contributed by atoms with Crippen LogP contribution in [-0.4, -0.2) is 54.6 Å². The Hall–Kier alpha value is -3.91. The molecule has 3 N–H and O–H groups in total. The fourth-order valence-electron chi connectivity index (χ4n) is 5.16. The van der Waals surface area contributed by atoms with Crippen molar-refractivity contribution in [2.75, 3.05) is 37.6 Å². The Bertz CT molecular complexity index is 1430. The van der Waals surface area contributed by atoms with Crippen LogP contribution >= 0.6 is 0 Å². The summed E-state index contributed by atoms with van der Waals surface area (Å²) in [5.41, 5.74) is 7.55. The van der Waals surface area contributed by atoms with Gasteiger partial charge in [0.25, 0.3) is 5.91 Å². The smallest absolute Gasteiger partial charge is 0.252 e. The minimum atomic E-state index is -0.110. The van der Waals surface area contributed by atoms with E-state index >= 15 is 0 Å². The van der Waals surface area contributed by atoms with Crippen molar-refractivity contribution in [1.29, 1.82) is 0 Å². The van der Waals surface area contributed by atoms with Gasteiger partial charge < -0.3 is 25.4 Å². The number of aryl methyl sites for hydroxylation is 1. The molecule has 1 aromatic carbocycles. The van der Waals surface area contributed by atoms with E-state index in [1.807, 2.05) is 39.1 Å². The summed E-state index contributed by atoms with van der Waals surface area (Å²) in [6.07, 6.45) is 7.64. The number of amides is 2. The van der Waals surface area contributed by atoms with Gasteiger partial charge >= 0.3 is 0 Å². The molecule has 0 radical (unpaired) electrons. The third kappa shape index (κ3) is 6.45. The molecule has 2 amide bonds. The number of nitrogens with zero attached hydrogens (tertiary/aromatic N) is 3. The van der Waals surface area contributed by atoms with Crippen molar-refractivity contribution in [2.24, 2.45) is 0 Å². The lowest BCUT2D eigenvalue weighted by molar-refractivity contribution is -0.108. The zero-order chi connectivity index (χ0) is 28.8. The number of hydrogen-bond donors (Lipinski definition) is 3. The van der Waals surface area contributed by atoms with E-state index in [1.54, 1.807) is 0 Å².